The van der Waals surface area contributed by atoms with Crippen LogP contribution in [0.1, 0.15) is 74.4 Å². The number of rotatable bonds is 8. The van der Waals surface area contributed by atoms with Crippen molar-refractivity contribution in [1.82, 2.24) is 4.98 Å². The molecule has 0 aliphatic rings. The van der Waals surface area contributed by atoms with E-state index in [-0.39, 0.29) is 0 Å². The first-order valence-electron chi connectivity index (χ1n) is 9.75. The lowest BCUT2D eigenvalue weighted by molar-refractivity contribution is 0.812. The van der Waals surface area contributed by atoms with Crippen LogP contribution >= 0.6 is 0 Å². The first kappa shape index (κ1) is 19.4. The molecule has 0 bridgehead atoms. The lowest BCUT2D eigenvalue weighted by Gasteiger charge is -2.16. The Morgan fingerprint density at radius 3 is 2.44 bits per heavy atom. The van der Waals surface area contributed by atoms with Crippen molar-refractivity contribution in [3.63, 3.8) is 0 Å². The molecule has 0 saturated heterocycles. The Kier molecular flexibility index (Phi) is 7.43. The van der Waals surface area contributed by atoms with Gasteiger partial charge in [-0.2, -0.15) is 0 Å². The molecular formula is C24H33N. The predicted octanol–water partition coefficient (Wildman–Crippen LogP) is 6.86. The highest BCUT2D eigenvalue weighted by Crippen LogP contribution is 2.29. The van der Waals surface area contributed by atoms with Gasteiger partial charge in [-0.1, -0.05) is 55.7 Å². The van der Waals surface area contributed by atoms with Gasteiger partial charge in [0.05, 0.1) is 0 Å². The molecule has 134 valence electrons. The van der Waals surface area contributed by atoms with E-state index in [2.05, 4.69) is 63.0 Å². The van der Waals surface area contributed by atoms with E-state index in [0.29, 0.717) is 0 Å². The SMILES string of the molecule is CCC/C(C)=C(\CC)c1cc(C)ccc1CCCc1ccc(C)nc1. The van der Waals surface area contributed by atoms with Crippen molar-refractivity contribution in [1.29, 1.82) is 0 Å². The van der Waals surface area contributed by atoms with Crippen LogP contribution in [0.2, 0.25) is 0 Å². The smallest absolute Gasteiger partial charge is 0.0372 e. The summed E-state index contributed by atoms with van der Waals surface area (Å²) in [6, 6.07) is 11.3. The van der Waals surface area contributed by atoms with Gasteiger partial charge in [0.15, 0.2) is 0 Å². The van der Waals surface area contributed by atoms with Gasteiger partial charge < -0.3 is 0 Å². The average molecular weight is 336 g/mol. The van der Waals surface area contributed by atoms with E-state index in [0.717, 1.165) is 25.0 Å². The van der Waals surface area contributed by atoms with Gasteiger partial charge in [0, 0.05) is 11.9 Å². The Labute approximate surface area is 154 Å². The third kappa shape index (κ3) is 5.56. The van der Waals surface area contributed by atoms with Crippen LogP contribution in [0.3, 0.4) is 0 Å². The van der Waals surface area contributed by atoms with Gasteiger partial charge in [0.1, 0.15) is 0 Å². The van der Waals surface area contributed by atoms with Crippen LogP contribution in [0, 0.1) is 13.8 Å². The minimum atomic E-state index is 1.09. The molecule has 1 nitrogen and oxygen atoms in total. The molecule has 0 fully saturated rings. The molecule has 0 aliphatic heterocycles. The number of benzene rings is 1. The summed E-state index contributed by atoms with van der Waals surface area (Å²) in [5, 5.41) is 0. The fourth-order valence-electron chi connectivity index (χ4n) is 3.57. The molecule has 0 aliphatic carbocycles. The molecular weight excluding hydrogens is 302 g/mol. The summed E-state index contributed by atoms with van der Waals surface area (Å²) in [6.07, 6.45) is 8.96. The number of aromatic nitrogens is 1. The Hall–Kier alpha value is -1.89. The second-order valence-electron chi connectivity index (χ2n) is 7.18. The van der Waals surface area contributed by atoms with E-state index < -0.39 is 0 Å². The molecule has 25 heavy (non-hydrogen) atoms. The number of aryl methyl sites for hydroxylation is 4. The second kappa shape index (κ2) is 9.56. The molecule has 1 heteroatoms. The monoisotopic (exact) mass is 335 g/mol. The molecule has 0 radical (unpaired) electrons. The van der Waals surface area contributed by atoms with Crippen LogP contribution < -0.4 is 0 Å². The number of hydrogen-bond donors (Lipinski definition) is 0. The molecule has 0 amide bonds. The van der Waals surface area contributed by atoms with E-state index in [1.54, 1.807) is 11.1 Å². The normalized spacial score (nSPS) is 12.2. The summed E-state index contributed by atoms with van der Waals surface area (Å²) >= 11 is 0. The number of hydrogen-bond acceptors (Lipinski definition) is 1. The quantitative estimate of drug-likeness (QED) is 0.513. The Morgan fingerprint density at radius 2 is 1.80 bits per heavy atom. The first-order chi connectivity index (χ1) is 12.0. The molecule has 1 aromatic heterocycles. The van der Waals surface area contributed by atoms with Gasteiger partial charge in [-0.25, -0.2) is 0 Å². The summed E-state index contributed by atoms with van der Waals surface area (Å²) in [5.41, 5.74) is 9.88. The Morgan fingerprint density at radius 1 is 1.00 bits per heavy atom. The zero-order valence-electron chi connectivity index (χ0n) is 16.7. The highest BCUT2D eigenvalue weighted by Gasteiger charge is 2.10. The molecule has 0 N–H and O–H groups in total. The van der Waals surface area contributed by atoms with Crippen LogP contribution in [-0.4, -0.2) is 4.98 Å². The molecule has 0 saturated carbocycles. The maximum Gasteiger partial charge on any atom is 0.0372 e. The van der Waals surface area contributed by atoms with E-state index in [9.17, 15) is 0 Å². The van der Waals surface area contributed by atoms with Gasteiger partial charge >= 0.3 is 0 Å². The number of pyridine rings is 1. The second-order valence-corrected chi connectivity index (χ2v) is 7.18. The van der Waals surface area contributed by atoms with E-state index in [1.165, 1.54) is 41.5 Å². The first-order valence-corrected chi connectivity index (χ1v) is 9.75. The van der Waals surface area contributed by atoms with Gasteiger partial charge in [0.2, 0.25) is 0 Å². The minimum absolute atomic E-state index is 1.09. The Bertz CT molecular complexity index is 707. The lowest BCUT2D eigenvalue weighted by Crippen LogP contribution is -1.99. The number of nitrogens with zero attached hydrogens (tertiary/aromatic N) is 1. The maximum atomic E-state index is 4.41. The maximum absolute atomic E-state index is 4.41. The molecule has 0 unspecified atom stereocenters. The van der Waals surface area contributed by atoms with Crippen molar-refractivity contribution in [3.8, 4) is 0 Å². The van der Waals surface area contributed by atoms with Crippen LogP contribution in [0.5, 0.6) is 0 Å². The highest BCUT2D eigenvalue weighted by atomic mass is 14.6. The van der Waals surface area contributed by atoms with Gasteiger partial charge in [-0.3, -0.25) is 4.98 Å². The molecule has 2 rings (SSSR count). The third-order valence-corrected chi connectivity index (χ3v) is 4.97. The fraction of sp³-hybridized carbons (Fsp3) is 0.458. The highest BCUT2D eigenvalue weighted by molar-refractivity contribution is 5.71. The van der Waals surface area contributed by atoms with Crippen molar-refractivity contribution >= 4 is 5.57 Å². The summed E-state index contributed by atoms with van der Waals surface area (Å²) in [7, 11) is 0. The van der Waals surface area contributed by atoms with Crippen LogP contribution in [-0.2, 0) is 12.8 Å². The van der Waals surface area contributed by atoms with Crippen LogP contribution in [0.4, 0.5) is 0 Å². The minimum Gasteiger partial charge on any atom is -0.261 e. The third-order valence-electron chi connectivity index (χ3n) is 4.97. The topological polar surface area (TPSA) is 12.9 Å². The van der Waals surface area contributed by atoms with Crippen molar-refractivity contribution in [2.45, 2.75) is 73.1 Å². The van der Waals surface area contributed by atoms with Crippen LogP contribution in [0.15, 0.2) is 42.1 Å². The van der Waals surface area contributed by atoms with Crippen molar-refractivity contribution in [2.75, 3.05) is 0 Å². The van der Waals surface area contributed by atoms with Crippen LogP contribution in [0.25, 0.3) is 5.57 Å². The largest absolute Gasteiger partial charge is 0.261 e. The predicted molar refractivity (Wildman–Crippen MR) is 110 cm³/mol. The standard InChI is InChI=1S/C24H33N/c1-6-9-19(4)23(7-2)24-16-18(3)12-15-22(24)11-8-10-21-14-13-20(5)25-17-21/h12-17H,6-11H2,1-5H3/b23-19+. The zero-order valence-corrected chi connectivity index (χ0v) is 16.7. The summed E-state index contributed by atoms with van der Waals surface area (Å²) in [4.78, 5) is 4.41. The van der Waals surface area contributed by atoms with Gasteiger partial charge in [0.25, 0.3) is 0 Å². The number of allylic oxidation sites excluding steroid dienone is 2. The van der Waals surface area contributed by atoms with Gasteiger partial charge in [-0.15, -0.1) is 0 Å². The van der Waals surface area contributed by atoms with Crippen molar-refractivity contribution in [3.05, 3.63) is 70.0 Å². The molecule has 1 aromatic carbocycles. The summed E-state index contributed by atoms with van der Waals surface area (Å²) in [5.74, 6) is 0. The Balaban J connectivity index is 2.17. The fourth-order valence-corrected chi connectivity index (χ4v) is 3.57. The van der Waals surface area contributed by atoms with E-state index in [4.69, 9.17) is 0 Å². The van der Waals surface area contributed by atoms with E-state index >= 15 is 0 Å². The van der Waals surface area contributed by atoms with Crippen molar-refractivity contribution in [2.24, 2.45) is 0 Å². The van der Waals surface area contributed by atoms with Gasteiger partial charge in [-0.05, 0) is 81.2 Å². The molecule has 0 atom stereocenters. The summed E-state index contributed by atoms with van der Waals surface area (Å²) in [6.45, 7) is 11.1. The zero-order chi connectivity index (χ0) is 18.2. The summed E-state index contributed by atoms with van der Waals surface area (Å²) < 4.78 is 0. The van der Waals surface area contributed by atoms with Crippen molar-refractivity contribution < 1.29 is 0 Å². The molecule has 0 spiro atoms. The molecule has 2 aromatic rings. The molecule has 1 heterocycles. The lowest BCUT2D eigenvalue weighted by atomic mass is 9.89. The van der Waals surface area contributed by atoms with E-state index in [1.807, 2.05) is 13.1 Å². The average Bonchev–Trinajstić information content (AvgIpc) is 2.59.